The largest absolute Gasteiger partial charge is 0.446 e. The third kappa shape index (κ3) is 3.60. The van der Waals surface area contributed by atoms with E-state index in [1.807, 2.05) is 0 Å². The Hall–Kier alpha value is -0.820. The monoisotopic (exact) mass is 297 g/mol. The van der Waals surface area contributed by atoms with Gasteiger partial charge < -0.3 is 5.32 Å². The fraction of sp³-hybridized carbons (Fsp3) is 0.500. The highest BCUT2D eigenvalue weighted by Gasteiger charge is 2.34. The van der Waals surface area contributed by atoms with E-state index >= 15 is 0 Å². The molecule has 0 spiro atoms. The van der Waals surface area contributed by atoms with Crippen LogP contribution in [0.15, 0.2) is 17.0 Å². The van der Waals surface area contributed by atoms with E-state index in [0.29, 0.717) is 25.9 Å². The van der Waals surface area contributed by atoms with E-state index in [-0.39, 0.29) is 11.5 Å². The molecule has 2 rings (SSSR count). The number of alkyl halides is 3. The molecular weight excluding hydrogens is 285 g/mol. The Bertz CT molecular complexity index is 454. The van der Waals surface area contributed by atoms with Gasteiger partial charge in [0.05, 0.1) is 4.90 Å². The fourth-order valence-corrected chi connectivity index (χ4v) is 2.99. The average Bonchev–Trinajstić information content (AvgIpc) is 2.35. The maximum atomic E-state index is 13.6. The van der Waals surface area contributed by atoms with Gasteiger partial charge in [0, 0.05) is 0 Å². The molecule has 1 aromatic rings. The van der Waals surface area contributed by atoms with Crippen LogP contribution in [0.3, 0.4) is 0 Å². The van der Waals surface area contributed by atoms with E-state index in [9.17, 15) is 22.0 Å². The zero-order chi connectivity index (χ0) is 14.0. The van der Waals surface area contributed by atoms with Gasteiger partial charge in [0.1, 0.15) is 0 Å². The summed E-state index contributed by atoms with van der Waals surface area (Å²) in [4.78, 5) is -0.626. The summed E-state index contributed by atoms with van der Waals surface area (Å²) in [7, 11) is 0. The van der Waals surface area contributed by atoms with Crippen molar-refractivity contribution in [3.05, 3.63) is 29.3 Å². The van der Waals surface area contributed by atoms with Gasteiger partial charge in [0.15, 0.2) is 11.6 Å². The van der Waals surface area contributed by atoms with Crippen molar-refractivity contribution in [1.82, 2.24) is 5.32 Å². The molecule has 0 unspecified atom stereocenters. The molecule has 1 N–H and O–H groups in total. The predicted octanol–water partition coefficient (Wildman–Crippen LogP) is 4.04. The van der Waals surface area contributed by atoms with E-state index in [1.165, 1.54) is 6.07 Å². The van der Waals surface area contributed by atoms with Crippen LogP contribution in [-0.4, -0.2) is 18.6 Å². The number of piperidine rings is 1. The number of thioether (sulfide) groups is 1. The highest BCUT2D eigenvalue weighted by atomic mass is 32.2. The molecule has 1 aliphatic rings. The topological polar surface area (TPSA) is 12.0 Å². The second-order valence-electron chi connectivity index (χ2n) is 4.35. The molecule has 106 valence electrons. The van der Waals surface area contributed by atoms with E-state index in [1.54, 1.807) is 0 Å². The highest BCUT2D eigenvalue weighted by molar-refractivity contribution is 8.00. The minimum atomic E-state index is -4.63. The molecule has 1 aromatic carbocycles. The standard InChI is InChI=1S/C12H12F5NS/c13-9-2-1-8(7-3-5-18-6-4-7)11(10(9)14)19-12(15,16)17/h1-2,7,18H,3-6H2. The number of halogens is 5. The molecule has 7 heteroatoms. The van der Waals surface area contributed by atoms with Gasteiger partial charge in [0.2, 0.25) is 0 Å². The van der Waals surface area contributed by atoms with Crippen LogP contribution in [-0.2, 0) is 0 Å². The SMILES string of the molecule is Fc1ccc(C2CCNCC2)c(SC(F)(F)F)c1F. The lowest BCUT2D eigenvalue weighted by Gasteiger charge is -2.25. The molecule has 0 amide bonds. The molecule has 1 nitrogen and oxygen atoms in total. The maximum Gasteiger partial charge on any atom is 0.446 e. The van der Waals surface area contributed by atoms with E-state index in [2.05, 4.69) is 5.32 Å². The highest BCUT2D eigenvalue weighted by Crippen LogP contribution is 2.43. The van der Waals surface area contributed by atoms with Crippen molar-refractivity contribution in [1.29, 1.82) is 0 Å². The van der Waals surface area contributed by atoms with Crippen LogP contribution in [0.4, 0.5) is 22.0 Å². The van der Waals surface area contributed by atoms with Crippen LogP contribution < -0.4 is 5.32 Å². The summed E-state index contributed by atoms with van der Waals surface area (Å²) in [6, 6.07) is 2.16. The van der Waals surface area contributed by atoms with Crippen LogP contribution in [0.1, 0.15) is 24.3 Å². The molecular formula is C12H12F5NS. The Balaban J connectivity index is 2.38. The van der Waals surface area contributed by atoms with E-state index in [0.717, 1.165) is 6.07 Å². The first-order valence-corrected chi connectivity index (χ1v) is 6.64. The van der Waals surface area contributed by atoms with Gasteiger partial charge in [-0.3, -0.25) is 0 Å². The van der Waals surface area contributed by atoms with E-state index < -0.39 is 33.8 Å². The summed E-state index contributed by atoms with van der Waals surface area (Å²) in [6.07, 6.45) is 1.24. The van der Waals surface area contributed by atoms with Crippen LogP contribution in [0.5, 0.6) is 0 Å². The Labute approximate surface area is 111 Å². The Kier molecular flexibility index (Phi) is 4.35. The Morgan fingerprint density at radius 1 is 1.11 bits per heavy atom. The minimum absolute atomic E-state index is 0.166. The quantitative estimate of drug-likeness (QED) is 0.653. The van der Waals surface area contributed by atoms with Crippen LogP contribution in [0, 0.1) is 11.6 Å². The molecule has 0 aromatic heterocycles. The number of hydrogen-bond donors (Lipinski definition) is 1. The summed E-state index contributed by atoms with van der Waals surface area (Å²) >= 11 is -0.574. The van der Waals surface area contributed by atoms with Gasteiger partial charge in [-0.2, -0.15) is 13.2 Å². The molecule has 1 heterocycles. The Morgan fingerprint density at radius 3 is 2.32 bits per heavy atom. The van der Waals surface area contributed by atoms with Crippen LogP contribution in [0.25, 0.3) is 0 Å². The first-order chi connectivity index (χ1) is 8.88. The summed E-state index contributed by atoms with van der Waals surface area (Å²) in [5.74, 6) is -2.82. The molecule has 1 aliphatic heterocycles. The lowest BCUT2D eigenvalue weighted by molar-refractivity contribution is -0.0329. The first-order valence-electron chi connectivity index (χ1n) is 5.83. The lowest BCUT2D eigenvalue weighted by atomic mass is 9.90. The fourth-order valence-electron chi connectivity index (χ4n) is 2.22. The molecule has 19 heavy (non-hydrogen) atoms. The summed E-state index contributed by atoms with van der Waals surface area (Å²) in [5, 5.41) is 3.08. The lowest BCUT2D eigenvalue weighted by Crippen LogP contribution is -2.27. The summed E-state index contributed by atoms with van der Waals surface area (Å²) in [6.45, 7) is 1.33. The maximum absolute atomic E-state index is 13.6. The van der Waals surface area contributed by atoms with Gasteiger partial charge in [-0.15, -0.1) is 0 Å². The zero-order valence-electron chi connectivity index (χ0n) is 9.86. The molecule has 0 aliphatic carbocycles. The molecule has 0 radical (unpaired) electrons. The van der Waals surface area contributed by atoms with Crippen LogP contribution >= 0.6 is 11.8 Å². The first kappa shape index (κ1) is 14.6. The van der Waals surface area contributed by atoms with Gasteiger partial charge in [-0.1, -0.05) is 6.07 Å². The molecule has 1 fully saturated rings. The van der Waals surface area contributed by atoms with Crippen LogP contribution in [0.2, 0.25) is 0 Å². The molecule has 0 atom stereocenters. The summed E-state index contributed by atoms with van der Waals surface area (Å²) in [5.41, 5.74) is -4.38. The van der Waals surface area contributed by atoms with Gasteiger partial charge in [0.25, 0.3) is 0 Å². The summed E-state index contributed by atoms with van der Waals surface area (Å²) < 4.78 is 64.2. The molecule has 0 bridgehead atoms. The van der Waals surface area contributed by atoms with Crippen molar-refractivity contribution in [2.75, 3.05) is 13.1 Å². The average molecular weight is 297 g/mol. The number of hydrogen-bond acceptors (Lipinski definition) is 2. The predicted molar refractivity (Wildman–Crippen MR) is 63.1 cm³/mol. The van der Waals surface area contributed by atoms with Gasteiger partial charge in [-0.25, -0.2) is 8.78 Å². The zero-order valence-corrected chi connectivity index (χ0v) is 10.7. The van der Waals surface area contributed by atoms with Crippen molar-refractivity contribution in [2.24, 2.45) is 0 Å². The van der Waals surface area contributed by atoms with Gasteiger partial charge >= 0.3 is 5.51 Å². The van der Waals surface area contributed by atoms with Crippen molar-refractivity contribution in [2.45, 2.75) is 29.2 Å². The van der Waals surface area contributed by atoms with Crippen molar-refractivity contribution < 1.29 is 22.0 Å². The third-order valence-electron chi connectivity index (χ3n) is 3.08. The number of benzene rings is 1. The normalized spacial score (nSPS) is 17.7. The number of rotatable bonds is 2. The second kappa shape index (κ2) is 5.66. The Morgan fingerprint density at radius 2 is 1.74 bits per heavy atom. The van der Waals surface area contributed by atoms with Crippen molar-refractivity contribution in [3.63, 3.8) is 0 Å². The smallest absolute Gasteiger partial charge is 0.317 e. The third-order valence-corrected chi connectivity index (χ3v) is 3.93. The second-order valence-corrected chi connectivity index (χ2v) is 5.43. The van der Waals surface area contributed by atoms with Crippen molar-refractivity contribution in [3.8, 4) is 0 Å². The number of nitrogens with one attached hydrogen (secondary N) is 1. The molecule has 0 saturated carbocycles. The van der Waals surface area contributed by atoms with E-state index in [4.69, 9.17) is 0 Å². The minimum Gasteiger partial charge on any atom is -0.317 e. The molecule has 1 saturated heterocycles. The van der Waals surface area contributed by atoms with Gasteiger partial charge in [-0.05, 0) is 55.2 Å². The van der Waals surface area contributed by atoms with Crippen molar-refractivity contribution >= 4 is 11.8 Å².